The Morgan fingerprint density at radius 1 is 1.23 bits per heavy atom. The Bertz CT molecular complexity index is 132. The molecular formula is C9H20N2O2. The number of hydrogen-bond donors (Lipinski definition) is 1. The predicted octanol–water partition coefficient (Wildman–Crippen LogP) is -0.319. The van der Waals surface area contributed by atoms with Crippen molar-refractivity contribution in [1.29, 1.82) is 0 Å². The smallest absolute Gasteiger partial charge is 0.0971 e. The zero-order valence-corrected chi connectivity index (χ0v) is 8.53. The van der Waals surface area contributed by atoms with Crippen molar-refractivity contribution in [2.75, 3.05) is 40.4 Å². The van der Waals surface area contributed by atoms with Gasteiger partial charge in [0, 0.05) is 27.3 Å². The van der Waals surface area contributed by atoms with Crippen LogP contribution in [0, 0.1) is 0 Å². The van der Waals surface area contributed by atoms with E-state index in [4.69, 9.17) is 15.2 Å². The van der Waals surface area contributed by atoms with Gasteiger partial charge in [0.15, 0.2) is 0 Å². The van der Waals surface area contributed by atoms with Gasteiger partial charge in [-0.3, -0.25) is 4.90 Å². The highest BCUT2D eigenvalue weighted by Gasteiger charge is 2.32. The molecule has 13 heavy (non-hydrogen) atoms. The summed E-state index contributed by atoms with van der Waals surface area (Å²) < 4.78 is 10.7. The zero-order chi connectivity index (χ0) is 9.68. The first kappa shape index (κ1) is 10.9. The quantitative estimate of drug-likeness (QED) is 0.642. The summed E-state index contributed by atoms with van der Waals surface area (Å²) in [6.45, 7) is 3.74. The van der Waals surface area contributed by atoms with E-state index in [1.807, 2.05) is 0 Å². The van der Waals surface area contributed by atoms with Gasteiger partial charge in [-0.25, -0.2) is 0 Å². The molecule has 1 saturated heterocycles. The Hall–Kier alpha value is -0.160. The lowest BCUT2D eigenvalue weighted by Gasteiger charge is -2.13. The fourth-order valence-corrected chi connectivity index (χ4v) is 1.77. The average Bonchev–Trinajstić information content (AvgIpc) is 2.57. The molecule has 0 aromatic rings. The summed E-state index contributed by atoms with van der Waals surface area (Å²) >= 11 is 0. The van der Waals surface area contributed by atoms with Gasteiger partial charge in [-0.05, 0) is 19.5 Å². The molecule has 0 radical (unpaired) electrons. The van der Waals surface area contributed by atoms with E-state index in [0.29, 0.717) is 0 Å². The van der Waals surface area contributed by atoms with Crippen LogP contribution in [-0.2, 0) is 9.47 Å². The number of rotatable bonds is 5. The van der Waals surface area contributed by atoms with Crippen molar-refractivity contribution in [1.82, 2.24) is 4.90 Å². The summed E-state index contributed by atoms with van der Waals surface area (Å²) in [4.78, 5) is 2.34. The van der Waals surface area contributed by atoms with E-state index in [-0.39, 0.29) is 12.2 Å². The third kappa shape index (κ3) is 2.91. The molecule has 2 atom stereocenters. The molecule has 0 spiro atoms. The number of hydrogen-bond acceptors (Lipinski definition) is 4. The number of methoxy groups -OCH3 is 2. The highest BCUT2D eigenvalue weighted by molar-refractivity contribution is 4.85. The Morgan fingerprint density at radius 2 is 1.77 bits per heavy atom. The molecule has 0 aromatic carbocycles. The Morgan fingerprint density at radius 3 is 2.15 bits per heavy atom. The summed E-state index contributed by atoms with van der Waals surface area (Å²) in [5, 5.41) is 0. The fraction of sp³-hybridized carbons (Fsp3) is 1.00. The molecule has 1 aliphatic heterocycles. The second-order valence-electron chi connectivity index (χ2n) is 3.45. The van der Waals surface area contributed by atoms with Gasteiger partial charge < -0.3 is 15.2 Å². The molecule has 4 heteroatoms. The van der Waals surface area contributed by atoms with Gasteiger partial charge in [0.05, 0.1) is 12.2 Å². The van der Waals surface area contributed by atoms with Crippen LogP contribution in [0.2, 0.25) is 0 Å². The lowest BCUT2D eigenvalue weighted by Crippen LogP contribution is -2.27. The Balaban J connectivity index is 2.30. The summed E-state index contributed by atoms with van der Waals surface area (Å²) in [5.41, 5.74) is 5.45. The minimum absolute atomic E-state index is 0.225. The van der Waals surface area contributed by atoms with Gasteiger partial charge in [-0.1, -0.05) is 0 Å². The molecule has 2 N–H and O–H groups in total. The van der Waals surface area contributed by atoms with Crippen LogP contribution in [0.15, 0.2) is 0 Å². The van der Waals surface area contributed by atoms with Crippen molar-refractivity contribution < 1.29 is 9.47 Å². The first-order valence-corrected chi connectivity index (χ1v) is 4.79. The van der Waals surface area contributed by atoms with E-state index in [9.17, 15) is 0 Å². The summed E-state index contributed by atoms with van der Waals surface area (Å²) in [6, 6.07) is 0. The fourth-order valence-electron chi connectivity index (χ4n) is 1.77. The Kier molecular flexibility index (Phi) is 4.66. The maximum absolute atomic E-state index is 5.45. The molecule has 4 nitrogen and oxygen atoms in total. The van der Waals surface area contributed by atoms with Crippen molar-refractivity contribution in [3.63, 3.8) is 0 Å². The van der Waals surface area contributed by atoms with Gasteiger partial charge >= 0.3 is 0 Å². The highest BCUT2D eigenvalue weighted by atomic mass is 16.5. The number of likely N-dealkylation sites (tertiary alicyclic amines) is 1. The van der Waals surface area contributed by atoms with Crippen LogP contribution in [0.1, 0.15) is 6.42 Å². The monoisotopic (exact) mass is 188 g/mol. The van der Waals surface area contributed by atoms with Crippen molar-refractivity contribution in [3.8, 4) is 0 Å². The van der Waals surface area contributed by atoms with Gasteiger partial charge in [0.1, 0.15) is 0 Å². The maximum atomic E-state index is 5.45. The van der Waals surface area contributed by atoms with Crippen molar-refractivity contribution in [2.24, 2.45) is 5.73 Å². The molecule has 0 amide bonds. The van der Waals surface area contributed by atoms with Crippen LogP contribution in [0.3, 0.4) is 0 Å². The minimum atomic E-state index is 0.225. The second kappa shape index (κ2) is 5.54. The molecule has 1 fully saturated rings. The van der Waals surface area contributed by atoms with E-state index in [1.165, 1.54) is 0 Å². The standard InChI is InChI=1S/C9H20N2O2/c1-12-8-6-11(5-3-4-10)7-9(8)13-2/h8-9H,3-7,10H2,1-2H3/t8-,9-/m1/s1. The normalized spacial score (nSPS) is 29.8. The van der Waals surface area contributed by atoms with Crippen LogP contribution in [0.25, 0.3) is 0 Å². The Labute approximate surface area is 80.0 Å². The van der Waals surface area contributed by atoms with Gasteiger partial charge in [-0.2, -0.15) is 0 Å². The van der Waals surface area contributed by atoms with Crippen LogP contribution in [0.5, 0.6) is 0 Å². The van der Waals surface area contributed by atoms with Gasteiger partial charge in [0.2, 0.25) is 0 Å². The second-order valence-corrected chi connectivity index (χ2v) is 3.45. The molecule has 1 heterocycles. The van der Waals surface area contributed by atoms with E-state index in [0.717, 1.165) is 32.6 Å². The van der Waals surface area contributed by atoms with Gasteiger partial charge in [-0.15, -0.1) is 0 Å². The first-order valence-electron chi connectivity index (χ1n) is 4.79. The van der Waals surface area contributed by atoms with Crippen molar-refractivity contribution in [3.05, 3.63) is 0 Å². The third-order valence-electron chi connectivity index (χ3n) is 2.57. The molecular weight excluding hydrogens is 168 g/mol. The first-order chi connectivity index (χ1) is 6.31. The van der Waals surface area contributed by atoms with E-state index in [2.05, 4.69) is 4.90 Å². The number of ether oxygens (including phenoxy) is 2. The van der Waals surface area contributed by atoms with Crippen LogP contribution < -0.4 is 5.73 Å². The van der Waals surface area contributed by atoms with Crippen LogP contribution >= 0.6 is 0 Å². The average molecular weight is 188 g/mol. The molecule has 0 aromatic heterocycles. The predicted molar refractivity (Wildman–Crippen MR) is 51.7 cm³/mol. The topological polar surface area (TPSA) is 47.7 Å². The summed E-state index contributed by atoms with van der Waals surface area (Å²) in [7, 11) is 3.48. The molecule has 0 unspecified atom stereocenters. The molecule has 1 rings (SSSR count). The number of nitrogens with zero attached hydrogens (tertiary/aromatic N) is 1. The number of nitrogens with two attached hydrogens (primary N) is 1. The van der Waals surface area contributed by atoms with Crippen LogP contribution in [-0.4, -0.2) is 57.5 Å². The molecule has 78 valence electrons. The van der Waals surface area contributed by atoms with Gasteiger partial charge in [0.25, 0.3) is 0 Å². The zero-order valence-electron chi connectivity index (χ0n) is 8.53. The lowest BCUT2D eigenvalue weighted by atomic mass is 10.3. The summed E-state index contributed by atoms with van der Waals surface area (Å²) in [6.07, 6.45) is 1.50. The van der Waals surface area contributed by atoms with Crippen molar-refractivity contribution in [2.45, 2.75) is 18.6 Å². The van der Waals surface area contributed by atoms with E-state index < -0.39 is 0 Å². The van der Waals surface area contributed by atoms with E-state index >= 15 is 0 Å². The van der Waals surface area contributed by atoms with E-state index in [1.54, 1.807) is 14.2 Å². The van der Waals surface area contributed by atoms with Crippen LogP contribution in [0.4, 0.5) is 0 Å². The summed E-state index contributed by atoms with van der Waals surface area (Å²) in [5.74, 6) is 0. The third-order valence-corrected chi connectivity index (χ3v) is 2.57. The molecule has 0 bridgehead atoms. The highest BCUT2D eigenvalue weighted by Crippen LogP contribution is 2.15. The molecule has 0 aliphatic carbocycles. The largest absolute Gasteiger partial charge is 0.377 e. The molecule has 1 aliphatic rings. The minimum Gasteiger partial charge on any atom is -0.377 e. The maximum Gasteiger partial charge on any atom is 0.0971 e. The van der Waals surface area contributed by atoms with Crippen molar-refractivity contribution >= 4 is 0 Å². The lowest BCUT2D eigenvalue weighted by molar-refractivity contribution is -0.00461. The molecule has 0 saturated carbocycles. The SMILES string of the molecule is CO[C@@H]1CN(CCCN)C[C@H]1OC.